The summed E-state index contributed by atoms with van der Waals surface area (Å²) in [7, 11) is 0. The molecule has 1 atom stereocenters. The van der Waals surface area contributed by atoms with E-state index in [4.69, 9.17) is 16.7 Å². The summed E-state index contributed by atoms with van der Waals surface area (Å²) in [6.45, 7) is 1.58. The minimum absolute atomic E-state index is 0.0805. The van der Waals surface area contributed by atoms with Crippen molar-refractivity contribution in [2.75, 3.05) is 19.7 Å². The van der Waals surface area contributed by atoms with Crippen molar-refractivity contribution in [3.8, 4) is 0 Å². The third-order valence-corrected chi connectivity index (χ3v) is 4.31. The summed E-state index contributed by atoms with van der Waals surface area (Å²) >= 11 is 6.18. The van der Waals surface area contributed by atoms with Crippen LogP contribution in [0.5, 0.6) is 0 Å². The number of halogens is 1. The minimum Gasteiger partial charge on any atom is -0.396 e. The molecule has 1 aliphatic heterocycles. The van der Waals surface area contributed by atoms with Crippen LogP contribution in [0.2, 0.25) is 5.15 Å². The topological polar surface area (TPSA) is 53.4 Å². The molecular formula is C16H17ClN2O2. The first-order chi connectivity index (χ1) is 10.2. The van der Waals surface area contributed by atoms with E-state index in [0.29, 0.717) is 23.3 Å². The van der Waals surface area contributed by atoms with Gasteiger partial charge in [0.15, 0.2) is 0 Å². The van der Waals surface area contributed by atoms with Gasteiger partial charge in [0, 0.05) is 25.1 Å². The molecule has 110 valence electrons. The second-order valence-corrected chi connectivity index (χ2v) is 5.80. The number of pyridine rings is 1. The van der Waals surface area contributed by atoms with Crippen LogP contribution in [-0.2, 0) is 0 Å². The second kappa shape index (κ2) is 6.00. The van der Waals surface area contributed by atoms with Crippen LogP contribution in [0.25, 0.3) is 10.8 Å². The van der Waals surface area contributed by atoms with Gasteiger partial charge in [-0.3, -0.25) is 4.79 Å². The number of likely N-dealkylation sites (tertiary alicyclic amines) is 1. The number of amides is 1. The number of rotatable bonds is 3. The summed E-state index contributed by atoms with van der Waals surface area (Å²) in [5, 5.41) is 11.1. The molecule has 0 aliphatic carbocycles. The number of fused-ring (bicyclic) bond motifs is 1. The fourth-order valence-corrected chi connectivity index (χ4v) is 3.13. The van der Waals surface area contributed by atoms with Crippen LogP contribution in [0.1, 0.15) is 23.3 Å². The number of benzene rings is 1. The first-order valence-corrected chi connectivity index (χ1v) is 7.52. The fourth-order valence-electron chi connectivity index (χ4n) is 2.86. The van der Waals surface area contributed by atoms with E-state index in [2.05, 4.69) is 4.98 Å². The van der Waals surface area contributed by atoms with Crippen LogP contribution in [0, 0.1) is 5.92 Å². The predicted octanol–water partition coefficient (Wildman–Crippen LogP) is 2.73. The predicted molar refractivity (Wildman–Crippen MR) is 82.5 cm³/mol. The van der Waals surface area contributed by atoms with Gasteiger partial charge in [-0.2, -0.15) is 0 Å². The van der Waals surface area contributed by atoms with Crippen molar-refractivity contribution in [1.82, 2.24) is 9.88 Å². The number of carbonyl (C=O) groups excluding carboxylic acids is 1. The lowest BCUT2D eigenvalue weighted by atomic mass is 10.1. The first kappa shape index (κ1) is 14.3. The fraction of sp³-hybridized carbons (Fsp3) is 0.375. The SMILES string of the molecule is O=C(c1cc2ccccc2c(Cl)n1)N1CCC(CCO)C1. The summed E-state index contributed by atoms with van der Waals surface area (Å²) in [5.74, 6) is 0.304. The second-order valence-electron chi connectivity index (χ2n) is 5.44. The number of carbonyl (C=O) groups is 1. The van der Waals surface area contributed by atoms with E-state index in [-0.39, 0.29) is 12.5 Å². The summed E-state index contributed by atoms with van der Waals surface area (Å²) in [6, 6.07) is 9.44. The quantitative estimate of drug-likeness (QED) is 0.887. The molecule has 1 unspecified atom stereocenters. The van der Waals surface area contributed by atoms with Crippen molar-refractivity contribution in [2.45, 2.75) is 12.8 Å². The van der Waals surface area contributed by atoms with Gasteiger partial charge in [0.05, 0.1) is 0 Å². The average molecular weight is 305 g/mol. The van der Waals surface area contributed by atoms with Crippen molar-refractivity contribution < 1.29 is 9.90 Å². The molecule has 2 heterocycles. The maximum atomic E-state index is 12.5. The zero-order valence-electron chi connectivity index (χ0n) is 11.6. The van der Waals surface area contributed by atoms with Gasteiger partial charge in [-0.05, 0) is 30.2 Å². The third kappa shape index (κ3) is 2.87. The van der Waals surface area contributed by atoms with Crippen LogP contribution >= 0.6 is 11.6 Å². The molecule has 1 fully saturated rings. The molecule has 21 heavy (non-hydrogen) atoms. The third-order valence-electron chi connectivity index (χ3n) is 4.02. The zero-order valence-corrected chi connectivity index (χ0v) is 12.4. The molecule has 1 amide bonds. The molecule has 2 aromatic rings. The Balaban J connectivity index is 1.85. The van der Waals surface area contributed by atoms with Crippen molar-refractivity contribution in [2.24, 2.45) is 5.92 Å². The highest BCUT2D eigenvalue weighted by Crippen LogP contribution is 2.25. The van der Waals surface area contributed by atoms with Gasteiger partial charge < -0.3 is 10.0 Å². The van der Waals surface area contributed by atoms with E-state index in [0.717, 1.165) is 30.2 Å². The number of hydrogen-bond donors (Lipinski definition) is 1. The molecule has 0 bridgehead atoms. The van der Waals surface area contributed by atoms with Gasteiger partial charge in [0.25, 0.3) is 5.91 Å². The molecule has 1 aromatic carbocycles. The molecule has 0 spiro atoms. The van der Waals surface area contributed by atoms with Gasteiger partial charge in [-0.25, -0.2) is 4.98 Å². The van der Waals surface area contributed by atoms with E-state index in [1.54, 1.807) is 11.0 Å². The number of aromatic nitrogens is 1. The lowest BCUT2D eigenvalue weighted by Crippen LogP contribution is -2.29. The Labute approximate surface area is 128 Å². The molecular weight excluding hydrogens is 288 g/mol. The number of aliphatic hydroxyl groups excluding tert-OH is 1. The molecule has 0 saturated carbocycles. The van der Waals surface area contributed by atoms with E-state index in [1.807, 2.05) is 24.3 Å². The van der Waals surface area contributed by atoms with Gasteiger partial charge >= 0.3 is 0 Å². The Hall–Kier alpha value is -1.65. The van der Waals surface area contributed by atoms with Crippen molar-refractivity contribution >= 4 is 28.3 Å². The van der Waals surface area contributed by atoms with E-state index in [1.165, 1.54) is 0 Å². The standard InChI is InChI=1S/C16H17ClN2O2/c17-15-13-4-2-1-3-12(13)9-14(18-15)16(21)19-7-5-11(10-19)6-8-20/h1-4,9,11,20H,5-8,10H2. The van der Waals surface area contributed by atoms with Crippen LogP contribution in [0.15, 0.2) is 30.3 Å². The highest BCUT2D eigenvalue weighted by Gasteiger charge is 2.27. The molecule has 3 rings (SSSR count). The monoisotopic (exact) mass is 304 g/mol. The Morgan fingerprint density at radius 2 is 2.24 bits per heavy atom. The highest BCUT2D eigenvalue weighted by atomic mass is 35.5. The Kier molecular flexibility index (Phi) is 4.08. The van der Waals surface area contributed by atoms with E-state index in [9.17, 15) is 4.79 Å². The molecule has 5 heteroatoms. The van der Waals surface area contributed by atoms with Gasteiger partial charge in [-0.1, -0.05) is 35.9 Å². The Morgan fingerprint density at radius 1 is 1.43 bits per heavy atom. The molecule has 1 aromatic heterocycles. The smallest absolute Gasteiger partial charge is 0.272 e. The summed E-state index contributed by atoms with van der Waals surface area (Å²) in [4.78, 5) is 18.6. The molecule has 1 aliphatic rings. The first-order valence-electron chi connectivity index (χ1n) is 7.14. The Morgan fingerprint density at radius 3 is 3.05 bits per heavy atom. The summed E-state index contributed by atoms with van der Waals surface area (Å²) in [5.41, 5.74) is 0.392. The lowest BCUT2D eigenvalue weighted by Gasteiger charge is -2.16. The molecule has 4 nitrogen and oxygen atoms in total. The largest absolute Gasteiger partial charge is 0.396 e. The molecule has 0 radical (unpaired) electrons. The highest BCUT2D eigenvalue weighted by molar-refractivity contribution is 6.34. The van der Waals surface area contributed by atoms with Crippen LogP contribution in [0.3, 0.4) is 0 Å². The van der Waals surface area contributed by atoms with Crippen molar-refractivity contribution in [3.05, 3.63) is 41.2 Å². The average Bonchev–Trinajstić information content (AvgIpc) is 2.95. The lowest BCUT2D eigenvalue weighted by molar-refractivity contribution is 0.0779. The summed E-state index contributed by atoms with van der Waals surface area (Å²) in [6.07, 6.45) is 1.68. The van der Waals surface area contributed by atoms with Gasteiger partial charge in [0.2, 0.25) is 0 Å². The van der Waals surface area contributed by atoms with Crippen molar-refractivity contribution in [1.29, 1.82) is 0 Å². The van der Waals surface area contributed by atoms with Crippen LogP contribution < -0.4 is 0 Å². The Bertz CT molecular complexity index is 674. The van der Waals surface area contributed by atoms with Crippen LogP contribution in [-0.4, -0.2) is 40.6 Å². The molecule has 1 N–H and O–H groups in total. The number of aliphatic hydroxyl groups is 1. The van der Waals surface area contributed by atoms with Gasteiger partial charge in [-0.15, -0.1) is 0 Å². The van der Waals surface area contributed by atoms with Crippen molar-refractivity contribution in [3.63, 3.8) is 0 Å². The van der Waals surface area contributed by atoms with Crippen LogP contribution in [0.4, 0.5) is 0 Å². The maximum Gasteiger partial charge on any atom is 0.272 e. The number of hydrogen-bond acceptors (Lipinski definition) is 3. The van der Waals surface area contributed by atoms with E-state index < -0.39 is 0 Å². The van der Waals surface area contributed by atoms with E-state index >= 15 is 0 Å². The normalized spacial score (nSPS) is 18.4. The zero-order chi connectivity index (χ0) is 14.8. The molecule has 1 saturated heterocycles. The summed E-state index contributed by atoms with van der Waals surface area (Å²) < 4.78 is 0. The van der Waals surface area contributed by atoms with Gasteiger partial charge in [0.1, 0.15) is 10.8 Å². The maximum absolute atomic E-state index is 12.5. The number of nitrogens with zero attached hydrogens (tertiary/aromatic N) is 2. The minimum atomic E-state index is -0.0805.